The van der Waals surface area contributed by atoms with Crippen molar-refractivity contribution in [3.63, 3.8) is 0 Å². The number of aliphatic hydroxyl groups is 1. The largest absolute Gasteiger partial charge is 0.494 e. The summed E-state index contributed by atoms with van der Waals surface area (Å²) in [6.07, 6.45) is 0.533. The van der Waals surface area contributed by atoms with Gasteiger partial charge in [-0.3, -0.25) is 0 Å². The maximum Gasteiger partial charge on any atom is 0.241 e. The van der Waals surface area contributed by atoms with Crippen LogP contribution in [-0.2, 0) is 10.0 Å². The van der Waals surface area contributed by atoms with Crippen molar-refractivity contribution in [2.75, 3.05) is 13.2 Å². The molecule has 1 atom stereocenters. The zero-order valence-corrected chi connectivity index (χ0v) is 13.3. The Morgan fingerprint density at radius 1 is 1.25 bits per heavy atom. The number of nitrogens with one attached hydrogen (secondary N) is 1. The van der Waals surface area contributed by atoms with Crippen LogP contribution in [0.4, 0.5) is 0 Å². The number of rotatable bonds is 7. The Morgan fingerprint density at radius 2 is 1.90 bits per heavy atom. The number of aliphatic hydroxyl groups excluding tert-OH is 1. The van der Waals surface area contributed by atoms with Crippen molar-refractivity contribution in [1.29, 1.82) is 0 Å². The first-order valence-corrected chi connectivity index (χ1v) is 8.21. The highest BCUT2D eigenvalue weighted by atomic mass is 32.2. The third kappa shape index (κ3) is 3.94. The minimum Gasteiger partial charge on any atom is -0.494 e. The van der Waals surface area contributed by atoms with Gasteiger partial charge in [-0.1, -0.05) is 6.92 Å². The second kappa shape index (κ2) is 7.06. The molecule has 0 saturated heterocycles. The van der Waals surface area contributed by atoms with E-state index in [0.717, 1.165) is 5.56 Å². The van der Waals surface area contributed by atoms with Crippen molar-refractivity contribution in [2.45, 2.75) is 45.1 Å². The Hall–Kier alpha value is -1.11. The highest BCUT2D eigenvalue weighted by molar-refractivity contribution is 7.89. The van der Waals surface area contributed by atoms with Crippen LogP contribution in [0.5, 0.6) is 5.75 Å². The van der Waals surface area contributed by atoms with E-state index in [4.69, 9.17) is 9.84 Å². The summed E-state index contributed by atoms with van der Waals surface area (Å²) in [5.74, 6) is 0.693. The number of ether oxygens (including phenoxy) is 1. The first-order chi connectivity index (χ1) is 9.35. The molecular weight excluding hydrogens is 278 g/mol. The van der Waals surface area contributed by atoms with Crippen LogP contribution >= 0.6 is 0 Å². The van der Waals surface area contributed by atoms with Gasteiger partial charge < -0.3 is 9.84 Å². The molecule has 0 aliphatic heterocycles. The van der Waals surface area contributed by atoms with Crippen LogP contribution in [0, 0.1) is 13.8 Å². The topological polar surface area (TPSA) is 75.6 Å². The molecule has 0 aromatic heterocycles. The molecule has 0 bridgehead atoms. The van der Waals surface area contributed by atoms with Crippen molar-refractivity contribution >= 4 is 10.0 Å². The number of benzene rings is 1. The summed E-state index contributed by atoms with van der Waals surface area (Å²) in [7, 11) is -3.63. The Bertz CT molecular complexity index is 551. The number of aryl methyl sites for hydroxylation is 2. The van der Waals surface area contributed by atoms with E-state index >= 15 is 0 Å². The molecule has 2 N–H and O–H groups in total. The van der Waals surface area contributed by atoms with Crippen molar-refractivity contribution in [1.82, 2.24) is 4.72 Å². The van der Waals surface area contributed by atoms with Crippen LogP contribution in [0.15, 0.2) is 17.0 Å². The predicted molar refractivity (Wildman–Crippen MR) is 78.6 cm³/mol. The molecule has 5 nitrogen and oxygen atoms in total. The van der Waals surface area contributed by atoms with Crippen molar-refractivity contribution in [3.05, 3.63) is 23.3 Å². The van der Waals surface area contributed by atoms with Gasteiger partial charge in [0, 0.05) is 6.04 Å². The van der Waals surface area contributed by atoms with E-state index < -0.39 is 16.1 Å². The number of hydrogen-bond acceptors (Lipinski definition) is 4. The SMILES string of the molecule is CCOc1cc(C)c(S(=O)(=O)N[C@@H](CC)CO)cc1C. The molecule has 0 unspecified atom stereocenters. The fourth-order valence-corrected chi connectivity index (χ4v) is 3.52. The standard InChI is InChI=1S/C14H23NO4S/c1-5-12(9-16)15-20(17,18)14-8-10(3)13(19-6-2)7-11(14)4/h7-8,12,15-16H,5-6,9H2,1-4H3/t12-/m0/s1. The Labute approximate surface area is 121 Å². The van der Waals surface area contributed by atoms with Gasteiger partial charge >= 0.3 is 0 Å². The molecule has 1 aromatic rings. The van der Waals surface area contributed by atoms with Gasteiger partial charge in [-0.25, -0.2) is 13.1 Å². The van der Waals surface area contributed by atoms with E-state index in [1.807, 2.05) is 20.8 Å². The van der Waals surface area contributed by atoms with Gasteiger partial charge in [0.15, 0.2) is 0 Å². The lowest BCUT2D eigenvalue weighted by molar-refractivity contribution is 0.254. The van der Waals surface area contributed by atoms with E-state index in [1.54, 1.807) is 19.1 Å². The van der Waals surface area contributed by atoms with E-state index in [2.05, 4.69) is 4.72 Å². The molecule has 20 heavy (non-hydrogen) atoms. The molecule has 0 aliphatic carbocycles. The fourth-order valence-electron chi connectivity index (χ4n) is 1.90. The minimum absolute atomic E-state index is 0.217. The lowest BCUT2D eigenvalue weighted by Crippen LogP contribution is -2.37. The molecule has 0 heterocycles. The van der Waals surface area contributed by atoms with Crippen molar-refractivity contribution in [3.8, 4) is 5.75 Å². The third-order valence-electron chi connectivity index (χ3n) is 3.10. The average molecular weight is 301 g/mol. The predicted octanol–water partition coefficient (Wildman–Crippen LogP) is 1.75. The Kier molecular flexibility index (Phi) is 5.98. The maximum atomic E-state index is 12.3. The molecule has 114 valence electrons. The molecule has 0 amide bonds. The van der Waals surface area contributed by atoms with Crippen LogP contribution in [0.1, 0.15) is 31.4 Å². The van der Waals surface area contributed by atoms with Crippen LogP contribution in [0.25, 0.3) is 0 Å². The zero-order chi connectivity index (χ0) is 15.3. The summed E-state index contributed by atoms with van der Waals surface area (Å²) in [5.41, 5.74) is 1.40. The number of hydrogen-bond donors (Lipinski definition) is 2. The van der Waals surface area contributed by atoms with Gasteiger partial charge in [0.05, 0.1) is 18.1 Å². The van der Waals surface area contributed by atoms with Gasteiger partial charge in [-0.05, 0) is 50.5 Å². The lowest BCUT2D eigenvalue weighted by atomic mass is 10.1. The average Bonchev–Trinajstić information content (AvgIpc) is 2.40. The van der Waals surface area contributed by atoms with Gasteiger partial charge in [-0.2, -0.15) is 0 Å². The van der Waals surface area contributed by atoms with E-state index in [1.165, 1.54) is 0 Å². The first kappa shape index (κ1) is 16.9. The summed E-state index contributed by atoms with van der Waals surface area (Å²) in [6.45, 7) is 7.56. The number of sulfonamides is 1. The first-order valence-electron chi connectivity index (χ1n) is 6.72. The molecule has 0 aliphatic rings. The highest BCUT2D eigenvalue weighted by Crippen LogP contribution is 2.26. The summed E-state index contributed by atoms with van der Waals surface area (Å²) in [6, 6.07) is 2.87. The van der Waals surface area contributed by atoms with E-state index in [9.17, 15) is 8.42 Å². The molecule has 6 heteroatoms. The summed E-state index contributed by atoms with van der Waals surface area (Å²) >= 11 is 0. The second-order valence-corrected chi connectivity index (χ2v) is 6.41. The summed E-state index contributed by atoms with van der Waals surface area (Å²) in [4.78, 5) is 0.227. The molecular formula is C14H23NO4S. The van der Waals surface area contributed by atoms with E-state index in [0.29, 0.717) is 24.3 Å². The molecule has 0 saturated carbocycles. The fraction of sp³-hybridized carbons (Fsp3) is 0.571. The Morgan fingerprint density at radius 3 is 2.40 bits per heavy atom. The van der Waals surface area contributed by atoms with Crippen molar-refractivity contribution in [2.24, 2.45) is 0 Å². The Balaban J connectivity index is 3.16. The van der Waals surface area contributed by atoms with Gasteiger partial charge in [0.1, 0.15) is 5.75 Å². The lowest BCUT2D eigenvalue weighted by Gasteiger charge is -2.17. The third-order valence-corrected chi connectivity index (χ3v) is 4.76. The summed E-state index contributed by atoms with van der Waals surface area (Å²) < 4.78 is 32.6. The maximum absolute atomic E-state index is 12.3. The van der Waals surface area contributed by atoms with Crippen LogP contribution in [0.3, 0.4) is 0 Å². The highest BCUT2D eigenvalue weighted by Gasteiger charge is 2.21. The van der Waals surface area contributed by atoms with Gasteiger partial charge in [0.2, 0.25) is 10.0 Å². The smallest absolute Gasteiger partial charge is 0.241 e. The molecule has 1 rings (SSSR count). The second-order valence-electron chi connectivity index (χ2n) is 4.73. The molecule has 0 radical (unpaired) electrons. The van der Waals surface area contributed by atoms with Crippen LogP contribution in [-0.4, -0.2) is 32.8 Å². The quantitative estimate of drug-likeness (QED) is 0.804. The van der Waals surface area contributed by atoms with Crippen molar-refractivity contribution < 1.29 is 18.3 Å². The monoisotopic (exact) mass is 301 g/mol. The van der Waals surface area contributed by atoms with Gasteiger partial charge in [0.25, 0.3) is 0 Å². The minimum atomic E-state index is -3.63. The normalized spacial score (nSPS) is 13.2. The van der Waals surface area contributed by atoms with Crippen LogP contribution in [0.2, 0.25) is 0 Å². The molecule has 1 aromatic carbocycles. The zero-order valence-electron chi connectivity index (χ0n) is 12.4. The van der Waals surface area contributed by atoms with Crippen LogP contribution < -0.4 is 9.46 Å². The summed E-state index contributed by atoms with van der Waals surface area (Å²) in [5, 5.41) is 9.13. The molecule has 0 spiro atoms. The van der Waals surface area contributed by atoms with Gasteiger partial charge in [-0.15, -0.1) is 0 Å². The molecule has 0 fully saturated rings. The van der Waals surface area contributed by atoms with E-state index in [-0.39, 0.29) is 11.5 Å².